The topological polar surface area (TPSA) is 307 Å². The van der Waals surface area contributed by atoms with Gasteiger partial charge in [0.1, 0.15) is 73.2 Å². The third-order valence-corrected chi connectivity index (χ3v) is 19.8. The molecule has 3 fully saturated rings. The van der Waals surface area contributed by atoms with E-state index >= 15 is 0 Å². The fourth-order valence-electron chi connectivity index (χ4n) is 13.2. The molecule has 1 amide bonds. The molecule has 0 saturated carbocycles. The Kier molecular flexibility index (Phi) is 58.5. The second-order valence-corrected chi connectivity index (χ2v) is 28.8. The van der Waals surface area contributed by atoms with E-state index in [-0.39, 0.29) is 18.9 Å². The lowest BCUT2D eigenvalue weighted by Crippen LogP contribution is -2.66. The van der Waals surface area contributed by atoms with Crippen molar-refractivity contribution in [1.82, 2.24) is 5.32 Å². The van der Waals surface area contributed by atoms with Crippen LogP contribution in [0.3, 0.4) is 0 Å². The van der Waals surface area contributed by atoms with Crippen LogP contribution in [-0.4, -0.2) is 193 Å². The molecule has 0 aromatic heterocycles. The van der Waals surface area contributed by atoms with E-state index < -0.39 is 124 Å². The molecular formula is C85H147NO18. The molecule has 0 aromatic rings. The zero-order valence-corrected chi connectivity index (χ0v) is 64.2. The highest BCUT2D eigenvalue weighted by Crippen LogP contribution is 2.33. The summed E-state index contributed by atoms with van der Waals surface area (Å²) in [6.45, 7) is 1.61. The molecule has 17 atom stereocenters. The second kappa shape index (κ2) is 64.3. The van der Waals surface area contributed by atoms with Gasteiger partial charge in [0, 0.05) is 6.42 Å². The van der Waals surface area contributed by atoms with Crippen LogP contribution in [0, 0.1) is 0 Å². The van der Waals surface area contributed by atoms with Gasteiger partial charge in [0.25, 0.3) is 0 Å². The molecule has 104 heavy (non-hydrogen) atoms. The quantitative estimate of drug-likeness (QED) is 0.0199. The Hall–Kier alpha value is -3.55. The van der Waals surface area contributed by atoms with Crippen LogP contribution >= 0.6 is 0 Å². The summed E-state index contributed by atoms with van der Waals surface area (Å²) in [5.74, 6) is -0.300. The molecule has 17 unspecified atom stereocenters. The zero-order valence-electron chi connectivity index (χ0n) is 64.2. The summed E-state index contributed by atoms with van der Waals surface area (Å²) in [4.78, 5) is 13.5. The summed E-state index contributed by atoms with van der Waals surface area (Å²) in [6.07, 6.45) is 62.2. The predicted molar refractivity (Wildman–Crippen MR) is 415 cm³/mol. The maximum atomic E-state index is 13.5. The first-order chi connectivity index (χ1) is 50.8. The number of ether oxygens (including phenoxy) is 6. The van der Waals surface area contributed by atoms with Crippen molar-refractivity contribution in [1.29, 1.82) is 0 Å². The number of unbranched alkanes of at least 4 members (excludes halogenated alkanes) is 32. The predicted octanol–water partition coefficient (Wildman–Crippen LogP) is 14.1. The molecule has 3 rings (SSSR count). The van der Waals surface area contributed by atoms with E-state index in [1.54, 1.807) is 6.08 Å². The van der Waals surface area contributed by atoms with E-state index in [1.165, 1.54) is 148 Å². The molecule has 0 aliphatic carbocycles. The Bertz CT molecular complexity index is 2300. The lowest BCUT2D eigenvalue weighted by Gasteiger charge is -2.48. The van der Waals surface area contributed by atoms with Gasteiger partial charge in [-0.3, -0.25) is 4.79 Å². The molecule has 12 N–H and O–H groups in total. The molecule has 0 radical (unpaired) electrons. The van der Waals surface area contributed by atoms with E-state index in [4.69, 9.17) is 28.4 Å². The minimum atomic E-state index is -1.99. The SMILES string of the molecule is CC/C=C\C/C=C\C/C=C\C/C=C\C/C=C\C/C=C\CCCCCCCCCCC(=O)NC(COC1OC(CO)C(OC2OC(CO)C(OC3OC(CO)C(O)C(O)C3O)C(O)C2O)C(O)C1O)C(O)/C=C/CC/C=C/CC/C=C/CCCCCCCCCCCCCCCCCCCCCCCC. The highest BCUT2D eigenvalue weighted by Gasteiger charge is 2.54. The minimum Gasteiger partial charge on any atom is -0.394 e. The van der Waals surface area contributed by atoms with Gasteiger partial charge in [0.05, 0.1) is 38.6 Å². The molecule has 3 aliphatic heterocycles. The molecule has 0 spiro atoms. The Balaban J connectivity index is 1.40. The van der Waals surface area contributed by atoms with Crippen molar-refractivity contribution < 1.29 is 89.4 Å². The molecule has 19 heteroatoms. The summed E-state index contributed by atoms with van der Waals surface area (Å²) >= 11 is 0. The Morgan fingerprint density at radius 2 is 0.673 bits per heavy atom. The minimum absolute atomic E-state index is 0.215. The largest absolute Gasteiger partial charge is 0.394 e. The summed E-state index contributed by atoms with van der Waals surface area (Å²) in [5.41, 5.74) is 0. The number of hydrogen-bond donors (Lipinski definition) is 12. The normalized spacial score (nSPS) is 26.5. The van der Waals surface area contributed by atoms with Crippen LogP contribution in [0.1, 0.15) is 290 Å². The van der Waals surface area contributed by atoms with Gasteiger partial charge in [0.2, 0.25) is 5.91 Å². The number of carbonyl (C=O) groups is 1. The van der Waals surface area contributed by atoms with Gasteiger partial charge in [0.15, 0.2) is 18.9 Å². The molecule has 0 aromatic carbocycles. The first kappa shape index (κ1) is 94.7. The number of hydrogen-bond acceptors (Lipinski definition) is 18. The summed E-state index contributed by atoms with van der Waals surface area (Å²) < 4.78 is 34.4. The lowest BCUT2D eigenvalue weighted by atomic mass is 9.96. The van der Waals surface area contributed by atoms with Crippen LogP contribution in [-0.2, 0) is 33.2 Å². The third-order valence-electron chi connectivity index (χ3n) is 19.8. The van der Waals surface area contributed by atoms with E-state index in [9.17, 15) is 61.0 Å². The van der Waals surface area contributed by atoms with E-state index in [1.807, 2.05) is 6.08 Å². The molecule has 600 valence electrons. The number of aliphatic hydroxyl groups excluding tert-OH is 11. The van der Waals surface area contributed by atoms with Gasteiger partial charge in [-0.05, 0) is 96.3 Å². The summed E-state index contributed by atoms with van der Waals surface area (Å²) in [6, 6.07) is -1.01. The van der Waals surface area contributed by atoms with Crippen LogP contribution in [0.4, 0.5) is 0 Å². The van der Waals surface area contributed by atoms with Crippen molar-refractivity contribution in [2.45, 2.75) is 394 Å². The number of amides is 1. The van der Waals surface area contributed by atoms with Crippen molar-refractivity contribution in [2.24, 2.45) is 0 Å². The van der Waals surface area contributed by atoms with E-state index in [0.717, 1.165) is 109 Å². The third kappa shape index (κ3) is 43.6. The van der Waals surface area contributed by atoms with Crippen LogP contribution in [0.5, 0.6) is 0 Å². The first-order valence-electron chi connectivity index (χ1n) is 41.1. The maximum Gasteiger partial charge on any atom is 0.220 e. The molecule has 3 aliphatic rings. The summed E-state index contributed by atoms with van der Waals surface area (Å²) in [7, 11) is 0. The van der Waals surface area contributed by atoms with Crippen molar-refractivity contribution in [3.05, 3.63) is 109 Å². The van der Waals surface area contributed by atoms with Crippen molar-refractivity contribution in [3.8, 4) is 0 Å². The fourth-order valence-corrected chi connectivity index (χ4v) is 13.2. The number of allylic oxidation sites excluding steroid dienone is 17. The lowest BCUT2D eigenvalue weighted by molar-refractivity contribution is -0.379. The fraction of sp³-hybridized carbons (Fsp3) is 0.776. The Morgan fingerprint density at radius 3 is 1.08 bits per heavy atom. The molecule has 0 bridgehead atoms. The number of carbonyl (C=O) groups excluding carboxylic acids is 1. The molecule has 3 heterocycles. The van der Waals surface area contributed by atoms with Crippen LogP contribution in [0.2, 0.25) is 0 Å². The highest BCUT2D eigenvalue weighted by atomic mass is 16.8. The molecule has 3 saturated heterocycles. The van der Waals surface area contributed by atoms with Crippen molar-refractivity contribution >= 4 is 5.91 Å². The molecular weight excluding hydrogens is 1320 g/mol. The average Bonchev–Trinajstić information content (AvgIpc) is 0.783. The van der Waals surface area contributed by atoms with E-state index in [2.05, 4.69) is 116 Å². The maximum absolute atomic E-state index is 13.5. The zero-order chi connectivity index (χ0) is 75.3. The van der Waals surface area contributed by atoms with Crippen molar-refractivity contribution in [3.63, 3.8) is 0 Å². The van der Waals surface area contributed by atoms with Gasteiger partial charge in [-0.15, -0.1) is 0 Å². The van der Waals surface area contributed by atoms with Gasteiger partial charge in [-0.25, -0.2) is 0 Å². The van der Waals surface area contributed by atoms with Crippen LogP contribution in [0.15, 0.2) is 109 Å². The summed E-state index contributed by atoms with van der Waals surface area (Å²) in [5, 5.41) is 121. The van der Waals surface area contributed by atoms with Crippen LogP contribution < -0.4 is 5.32 Å². The van der Waals surface area contributed by atoms with Crippen LogP contribution in [0.25, 0.3) is 0 Å². The number of aliphatic hydroxyl groups is 11. The smallest absolute Gasteiger partial charge is 0.220 e. The Labute approximate surface area is 627 Å². The van der Waals surface area contributed by atoms with Gasteiger partial charge < -0.3 is 89.9 Å². The van der Waals surface area contributed by atoms with Gasteiger partial charge in [-0.2, -0.15) is 0 Å². The average molecular weight is 1470 g/mol. The van der Waals surface area contributed by atoms with Gasteiger partial charge in [-0.1, -0.05) is 297 Å². The standard InChI is InChI=1S/C85H147NO18/c1-3-5-7-9-11-13-15-17-19-21-23-25-27-29-31-32-33-34-35-37-38-40-42-44-46-48-50-52-54-56-58-60-62-69(90)68(86-73(91)63-61-59-57-55-53-51-49-47-45-43-41-39-36-30-28-26-24-22-20-18-16-14-12-10-8-6-4-2)67-99-83-79(97)76(94)81(71(65-88)101-83)104-85-80(98)77(95)82(72(66-89)102-85)103-84-78(96)75(93)74(92)70(64-87)100-84/h6,8,12,14,18,20,24,26,30,36,41,43-44,46,52,54,60,62,68-72,74-85,87-90,92-98H,3-5,7,9-11,13,15-17,19,21-23,25,27-29,31-35,37-40,42,45,47-51,53,55-59,61,63-67H2,1-2H3,(H,86,91)/b8-6-,14-12-,20-18-,26-24-,36-30-,43-41-,46-44+,54-52+,62-60+. The number of rotatable bonds is 64. The molecule has 19 nitrogen and oxygen atoms in total. The Morgan fingerprint density at radius 1 is 0.356 bits per heavy atom. The number of nitrogens with one attached hydrogen (secondary N) is 1. The second-order valence-electron chi connectivity index (χ2n) is 28.8. The van der Waals surface area contributed by atoms with E-state index in [0.29, 0.717) is 12.8 Å². The van der Waals surface area contributed by atoms with Crippen molar-refractivity contribution in [2.75, 3.05) is 26.4 Å². The van der Waals surface area contributed by atoms with Gasteiger partial charge >= 0.3 is 0 Å². The first-order valence-corrected chi connectivity index (χ1v) is 41.1. The highest BCUT2D eigenvalue weighted by molar-refractivity contribution is 5.76. The monoisotopic (exact) mass is 1470 g/mol.